The molecule has 0 unspecified atom stereocenters. The molecule has 1 saturated carbocycles. The Kier molecular flexibility index (Phi) is 3.94. The number of nitrogens with one attached hydrogen (secondary N) is 1. The van der Waals surface area contributed by atoms with Crippen molar-refractivity contribution in [3.8, 4) is 0 Å². The summed E-state index contributed by atoms with van der Waals surface area (Å²) >= 11 is 0. The molecule has 4 rings (SSSR count). The zero-order valence-corrected chi connectivity index (χ0v) is 14.2. The first-order valence-corrected chi connectivity index (χ1v) is 8.82. The van der Waals surface area contributed by atoms with Crippen LogP contribution >= 0.6 is 0 Å². The highest BCUT2D eigenvalue weighted by atomic mass is 19.1. The van der Waals surface area contributed by atoms with E-state index in [2.05, 4.69) is 10.4 Å². The van der Waals surface area contributed by atoms with Crippen LogP contribution in [0.3, 0.4) is 0 Å². The lowest BCUT2D eigenvalue weighted by atomic mass is 9.83. The van der Waals surface area contributed by atoms with Crippen molar-refractivity contribution in [2.45, 2.75) is 44.4 Å². The van der Waals surface area contributed by atoms with Crippen LogP contribution in [0.2, 0.25) is 0 Å². The number of hydrogen-bond donors (Lipinski definition) is 1. The van der Waals surface area contributed by atoms with E-state index in [0.29, 0.717) is 11.2 Å². The number of aryl methyl sites for hydroxylation is 1. The summed E-state index contributed by atoms with van der Waals surface area (Å²) in [6, 6.07) is 2.86. The fourth-order valence-electron chi connectivity index (χ4n) is 3.97. The maximum absolute atomic E-state index is 14.8. The lowest BCUT2D eigenvalue weighted by Gasteiger charge is -2.25. The summed E-state index contributed by atoms with van der Waals surface area (Å²) in [5.74, 6) is 0.124. The van der Waals surface area contributed by atoms with Crippen molar-refractivity contribution < 1.29 is 14.0 Å². The minimum Gasteiger partial charge on any atom is -0.278 e. The number of amides is 3. The Bertz CT molecular complexity index is 854. The van der Waals surface area contributed by atoms with Gasteiger partial charge in [0, 0.05) is 25.4 Å². The van der Waals surface area contributed by atoms with Crippen molar-refractivity contribution in [1.82, 2.24) is 15.1 Å². The molecule has 6 nitrogen and oxygen atoms in total. The van der Waals surface area contributed by atoms with Crippen molar-refractivity contribution in [2.75, 3.05) is 11.4 Å². The van der Waals surface area contributed by atoms with E-state index in [-0.39, 0.29) is 30.6 Å². The third-order valence-corrected chi connectivity index (χ3v) is 5.30. The second kappa shape index (κ2) is 6.13. The number of carbonyl (C=O) groups excluding carboxylic acids is 2. The van der Waals surface area contributed by atoms with Crippen LogP contribution in [0.5, 0.6) is 0 Å². The van der Waals surface area contributed by atoms with E-state index in [1.165, 1.54) is 17.4 Å². The van der Waals surface area contributed by atoms with Crippen LogP contribution in [0, 0.1) is 5.82 Å². The summed E-state index contributed by atoms with van der Waals surface area (Å²) in [6.07, 6.45) is 5.75. The zero-order valence-electron chi connectivity index (χ0n) is 14.2. The Morgan fingerprint density at radius 1 is 1.20 bits per heavy atom. The van der Waals surface area contributed by atoms with Crippen LogP contribution in [0.1, 0.15) is 50.0 Å². The minimum atomic E-state index is -0.506. The number of imide groups is 1. The average molecular weight is 344 g/mol. The van der Waals surface area contributed by atoms with Gasteiger partial charge >= 0.3 is 6.03 Å². The molecule has 7 heteroatoms. The number of nitrogens with zero attached hydrogens (tertiary/aromatic N) is 3. The van der Waals surface area contributed by atoms with Gasteiger partial charge in [0.1, 0.15) is 5.82 Å². The minimum absolute atomic E-state index is 0.215. The fourth-order valence-corrected chi connectivity index (χ4v) is 3.97. The molecule has 132 valence electrons. The van der Waals surface area contributed by atoms with E-state index >= 15 is 0 Å². The van der Waals surface area contributed by atoms with Crippen molar-refractivity contribution in [3.05, 3.63) is 23.5 Å². The quantitative estimate of drug-likeness (QED) is 0.910. The van der Waals surface area contributed by atoms with Gasteiger partial charge in [0.25, 0.3) is 0 Å². The highest BCUT2D eigenvalue weighted by Crippen LogP contribution is 2.37. The van der Waals surface area contributed by atoms with Crippen LogP contribution in [0.25, 0.3) is 10.9 Å². The van der Waals surface area contributed by atoms with E-state index in [9.17, 15) is 14.0 Å². The molecule has 0 radical (unpaired) electrons. The summed E-state index contributed by atoms with van der Waals surface area (Å²) in [4.78, 5) is 24.9. The van der Waals surface area contributed by atoms with E-state index < -0.39 is 6.03 Å². The number of aromatic nitrogens is 2. The van der Waals surface area contributed by atoms with Gasteiger partial charge in [-0.1, -0.05) is 19.3 Å². The van der Waals surface area contributed by atoms with Crippen molar-refractivity contribution in [2.24, 2.45) is 7.05 Å². The monoisotopic (exact) mass is 344 g/mol. The molecule has 0 spiro atoms. The number of halogens is 1. The maximum Gasteiger partial charge on any atom is 0.329 e. The Hall–Kier alpha value is -2.44. The molecular formula is C18H21FN4O2. The smallest absolute Gasteiger partial charge is 0.278 e. The Morgan fingerprint density at radius 2 is 1.96 bits per heavy atom. The molecule has 0 atom stereocenters. The summed E-state index contributed by atoms with van der Waals surface area (Å²) in [5, 5.41) is 7.31. The molecule has 2 aromatic rings. The van der Waals surface area contributed by atoms with Gasteiger partial charge in [-0.3, -0.25) is 19.7 Å². The molecule has 3 amide bonds. The molecular weight excluding hydrogens is 323 g/mol. The second-order valence-electron chi connectivity index (χ2n) is 6.93. The molecule has 1 saturated heterocycles. The van der Waals surface area contributed by atoms with Crippen LogP contribution < -0.4 is 10.2 Å². The normalized spacial score (nSPS) is 19.5. The summed E-state index contributed by atoms with van der Waals surface area (Å²) in [5.41, 5.74) is 1.56. The van der Waals surface area contributed by atoms with Crippen molar-refractivity contribution in [1.29, 1.82) is 0 Å². The molecule has 0 bridgehead atoms. The third kappa shape index (κ3) is 2.77. The number of carbonyl (C=O) groups is 2. The Morgan fingerprint density at radius 3 is 2.68 bits per heavy atom. The number of hydrogen-bond acceptors (Lipinski definition) is 3. The van der Waals surface area contributed by atoms with Crippen LogP contribution in [0.15, 0.2) is 12.1 Å². The van der Waals surface area contributed by atoms with Gasteiger partial charge in [0.05, 0.1) is 5.52 Å². The number of anilines is 1. The largest absolute Gasteiger partial charge is 0.329 e. The van der Waals surface area contributed by atoms with Gasteiger partial charge in [-0.2, -0.15) is 5.10 Å². The van der Waals surface area contributed by atoms with E-state index in [4.69, 9.17) is 0 Å². The average Bonchev–Trinajstić information content (AvgIpc) is 2.91. The SMILES string of the molecule is Cn1nc(N2CCC(=O)NC2=O)c2cc(F)c(C3CCCCC3)cc21. The number of rotatable bonds is 2. The highest BCUT2D eigenvalue weighted by Gasteiger charge is 2.29. The second-order valence-corrected chi connectivity index (χ2v) is 6.93. The van der Waals surface area contributed by atoms with Crippen molar-refractivity contribution >= 4 is 28.7 Å². The van der Waals surface area contributed by atoms with Gasteiger partial charge in [-0.05, 0) is 36.5 Å². The third-order valence-electron chi connectivity index (χ3n) is 5.30. The standard InChI is InChI=1S/C18H21FN4O2/c1-22-15-10-12(11-5-3-2-4-6-11)14(19)9-13(15)17(21-22)23-8-7-16(24)20-18(23)25/h9-11H,2-8H2,1H3,(H,20,24,25). The van der Waals surface area contributed by atoms with Gasteiger partial charge in [-0.15, -0.1) is 0 Å². The molecule has 2 heterocycles. The highest BCUT2D eigenvalue weighted by molar-refractivity contribution is 6.08. The van der Waals surface area contributed by atoms with Gasteiger partial charge in [-0.25, -0.2) is 9.18 Å². The van der Waals surface area contributed by atoms with E-state index in [1.807, 2.05) is 6.07 Å². The molecule has 1 aliphatic heterocycles. The molecule has 1 aromatic carbocycles. The lowest BCUT2D eigenvalue weighted by Crippen LogP contribution is -2.49. The molecule has 2 fully saturated rings. The molecule has 2 aliphatic rings. The molecule has 1 aliphatic carbocycles. The predicted octanol–water partition coefficient (Wildman–Crippen LogP) is 3.21. The summed E-state index contributed by atoms with van der Waals surface area (Å²) < 4.78 is 16.5. The van der Waals surface area contributed by atoms with Gasteiger partial charge in [0.2, 0.25) is 5.91 Å². The first kappa shape index (κ1) is 16.1. The zero-order chi connectivity index (χ0) is 17.6. The molecule has 25 heavy (non-hydrogen) atoms. The van der Waals surface area contributed by atoms with Gasteiger partial charge < -0.3 is 0 Å². The predicted molar refractivity (Wildman–Crippen MR) is 92.0 cm³/mol. The lowest BCUT2D eigenvalue weighted by molar-refractivity contribution is -0.120. The van der Waals surface area contributed by atoms with Crippen molar-refractivity contribution in [3.63, 3.8) is 0 Å². The molecule has 1 aromatic heterocycles. The molecule has 1 N–H and O–H groups in total. The first-order valence-electron chi connectivity index (χ1n) is 8.82. The topological polar surface area (TPSA) is 67.2 Å². The van der Waals surface area contributed by atoms with Crippen LogP contribution in [-0.2, 0) is 11.8 Å². The van der Waals surface area contributed by atoms with Crippen LogP contribution in [-0.4, -0.2) is 28.3 Å². The van der Waals surface area contributed by atoms with E-state index in [0.717, 1.165) is 36.8 Å². The fraction of sp³-hybridized carbons (Fsp3) is 0.500. The first-order chi connectivity index (χ1) is 12.0. The van der Waals surface area contributed by atoms with Crippen LogP contribution in [0.4, 0.5) is 15.0 Å². The number of fused-ring (bicyclic) bond motifs is 1. The number of benzene rings is 1. The maximum atomic E-state index is 14.8. The van der Waals surface area contributed by atoms with E-state index in [1.54, 1.807) is 11.7 Å². The van der Waals surface area contributed by atoms with Gasteiger partial charge in [0.15, 0.2) is 5.82 Å². The Labute approximate surface area is 145 Å². The number of urea groups is 1. The summed E-state index contributed by atoms with van der Waals surface area (Å²) in [7, 11) is 1.79. The Balaban J connectivity index is 1.76. The summed E-state index contributed by atoms with van der Waals surface area (Å²) in [6.45, 7) is 0.253.